The molecule has 1 aromatic carbocycles. The fourth-order valence-corrected chi connectivity index (χ4v) is 2.96. The average molecular weight is 331 g/mol. The third kappa shape index (κ3) is 3.68. The maximum atomic E-state index is 12.3. The van der Waals surface area contributed by atoms with E-state index < -0.39 is 0 Å². The van der Waals surface area contributed by atoms with E-state index >= 15 is 0 Å². The zero-order valence-electron chi connectivity index (χ0n) is 12.8. The summed E-state index contributed by atoms with van der Waals surface area (Å²) in [5.41, 5.74) is 0.479. The Labute approximate surface area is 138 Å². The summed E-state index contributed by atoms with van der Waals surface area (Å²) in [6.45, 7) is 3.76. The van der Waals surface area contributed by atoms with Crippen molar-refractivity contribution < 1.29 is 14.3 Å². The van der Waals surface area contributed by atoms with Gasteiger partial charge in [-0.3, -0.25) is 4.79 Å². The van der Waals surface area contributed by atoms with Crippen molar-refractivity contribution in [2.45, 2.75) is 6.92 Å². The number of carbonyl (C=O) groups is 2. The van der Waals surface area contributed by atoms with Crippen molar-refractivity contribution in [2.75, 3.05) is 26.2 Å². The lowest BCUT2D eigenvalue weighted by molar-refractivity contribution is 0.0628. The molecule has 0 aliphatic carbocycles. The minimum Gasteiger partial charge on any atom is -0.410 e. The van der Waals surface area contributed by atoms with Gasteiger partial charge in [-0.25, -0.2) is 9.78 Å². The molecule has 2 amide bonds. The zero-order chi connectivity index (χ0) is 16.2. The van der Waals surface area contributed by atoms with Crippen molar-refractivity contribution in [3.8, 4) is 5.75 Å². The molecule has 1 aliphatic rings. The summed E-state index contributed by atoms with van der Waals surface area (Å²) in [6, 6.07) is 8.97. The standard InChI is InChI=1S/C16H17N3O3S/c1-12-17-14(11-23-12)15(20)18-7-9-19(10-8-18)16(21)22-13-5-3-2-4-6-13/h2-6,11H,7-10H2,1H3. The molecule has 120 valence electrons. The lowest BCUT2D eigenvalue weighted by Gasteiger charge is -2.33. The number of hydrogen-bond acceptors (Lipinski definition) is 5. The van der Waals surface area contributed by atoms with Crippen molar-refractivity contribution >= 4 is 23.3 Å². The Kier molecular flexibility index (Phi) is 4.57. The third-order valence-corrected chi connectivity index (χ3v) is 4.39. The van der Waals surface area contributed by atoms with Crippen molar-refractivity contribution in [2.24, 2.45) is 0 Å². The first-order chi connectivity index (χ1) is 11.1. The lowest BCUT2D eigenvalue weighted by atomic mass is 10.3. The Morgan fingerprint density at radius 2 is 1.74 bits per heavy atom. The molecule has 0 spiro atoms. The summed E-state index contributed by atoms with van der Waals surface area (Å²) in [7, 11) is 0. The topological polar surface area (TPSA) is 62.7 Å². The highest BCUT2D eigenvalue weighted by atomic mass is 32.1. The number of hydrogen-bond donors (Lipinski definition) is 0. The first kappa shape index (κ1) is 15.5. The molecule has 2 heterocycles. The van der Waals surface area contributed by atoms with Crippen molar-refractivity contribution in [1.29, 1.82) is 0 Å². The Hall–Kier alpha value is -2.41. The lowest BCUT2D eigenvalue weighted by Crippen LogP contribution is -2.51. The van der Waals surface area contributed by atoms with Crippen LogP contribution in [0.3, 0.4) is 0 Å². The van der Waals surface area contributed by atoms with E-state index in [1.165, 1.54) is 11.3 Å². The van der Waals surface area contributed by atoms with Crippen LogP contribution < -0.4 is 4.74 Å². The van der Waals surface area contributed by atoms with Gasteiger partial charge in [0.1, 0.15) is 11.4 Å². The van der Waals surface area contributed by atoms with Crippen molar-refractivity contribution in [1.82, 2.24) is 14.8 Å². The van der Waals surface area contributed by atoms with Gasteiger partial charge in [0.05, 0.1) is 5.01 Å². The number of aromatic nitrogens is 1. The number of thiazole rings is 1. The molecule has 1 fully saturated rings. The van der Waals surface area contributed by atoms with Gasteiger partial charge in [0.15, 0.2) is 0 Å². The Bertz CT molecular complexity index is 694. The fraction of sp³-hybridized carbons (Fsp3) is 0.312. The highest BCUT2D eigenvalue weighted by Gasteiger charge is 2.26. The van der Waals surface area contributed by atoms with Gasteiger partial charge in [0, 0.05) is 31.6 Å². The maximum Gasteiger partial charge on any atom is 0.415 e. The van der Waals surface area contributed by atoms with Gasteiger partial charge < -0.3 is 14.5 Å². The first-order valence-electron chi connectivity index (χ1n) is 7.37. The van der Waals surface area contributed by atoms with Crippen LogP contribution in [0.15, 0.2) is 35.7 Å². The summed E-state index contributed by atoms with van der Waals surface area (Å²) in [5.74, 6) is 0.444. The van der Waals surface area contributed by atoms with E-state index in [2.05, 4.69) is 4.98 Å². The number of benzene rings is 1. The second-order valence-corrected chi connectivity index (χ2v) is 6.27. The van der Waals surface area contributed by atoms with Crippen LogP contribution in [-0.2, 0) is 0 Å². The predicted molar refractivity (Wildman–Crippen MR) is 86.8 cm³/mol. The van der Waals surface area contributed by atoms with Crippen LogP contribution in [0.4, 0.5) is 4.79 Å². The molecule has 0 N–H and O–H groups in total. The molecule has 1 aliphatic heterocycles. The van der Waals surface area contributed by atoms with E-state index in [0.29, 0.717) is 37.6 Å². The molecule has 0 radical (unpaired) electrons. The Balaban J connectivity index is 1.54. The largest absolute Gasteiger partial charge is 0.415 e. The molecule has 1 saturated heterocycles. The summed E-state index contributed by atoms with van der Waals surface area (Å²) in [4.78, 5) is 32.0. The van der Waals surface area contributed by atoms with Crippen LogP contribution in [-0.4, -0.2) is 53.0 Å². The molecule has 0 atom stereocenters. The Morgan fingerprint density at radius 3 is 2.35 bits per heavy atom. The molecule has 23 heavy (non-hydrogen) atoms. The minimum absolute atomic E-state index is 0.0783. The molecule has 1 aromatic heterocycles. The SMILES string of the molecule is Cc1nc(C(=O)N2CCN(C(=O)Oc3ccccc3)CC2)cs1. The molecule has 2 aromatic rings. The van der Waals surface area contributed by atoms with Crippen molar-refractivity contribution in [3.05, 3.63) is 46.4 Å². The van der Waals surface area contributed by atoms with Crippen LogP contribution in [0.2, 0.25) is 0 Å². The number of rotatable bonds is 2. The van der Waals surface area contributed by atoms with Crippen LogP contribution in [0, 0.1) is 6.92 Å². The van der Waals surface area contributed by atoms with Crippen LogP contribution >= 0.6 is 11.3 Å². The zero-order valence-corrected chi connectivity index (χ0v) is 13.6. The van der Waals surface area contributed by atoms with E-state index in [1.807, 2.05) is 25.1 Å². The number of ether oxygens (including phenoxy) is 1. The number of piperazine rings is 1. The molecule has 0 saturated carbocycles. The number of nitrogens with zero attached hydrogens (tertiary/aromatic N) is 3. The molecule has 0 bridgehead atoms. The summed E-state index contributed by atoms with van der Waals surface area (Å²) < 4.78 is 5.31. The fourth-order valence-electron chi connectivity index (χ4n) is 2.37. The van der Waals surface area contributed by atoms with Gasteiger partial charge in [-0.1, -0.05) is 18.2 Å². The number of aryl methyl sites for hydroxylation is 1. The summed E-state index contributed by atoms with van der Waals surface area (Å²) in [6.07, 6.45) is -0.382. The third-order valence-electron chi connectivity index (χ3n) is 3.61. The van der Waals surface area contributed by atoms with Crippen LogP contribution in [0.25, 0.3) is 0 Å². The summed E-state index contributed by atoms with van der Waals surface area (Å²) >= 11 is 1.46. The van der Waals surface area contributed by atoms with Crippen LogP contribution in [0.5, 0.6) is 5.75 Å². The second kappa shape index (κ2) is 6.78. The predicted octanol–water partition coefficient (Wildman–Crippen LogP) is 2.41. The number of amides is 2. The highest BCUT2D eigenvalue weighted by Crippen LogP contribution is 2.14. The molecular weight excluding hydrogens is 314 g/mol. The smallest absolute Gasteiger partial charge is 0.410 e. The van der Waals surface area contributed by atoms with E-state index in [1.54, 1.807) is 27.3 Å². The van der Waals surface area contributed by atoms with Gasteiger partial charge in [-0.2, -0.15) is 0 Å². The molecule has 3 rings (SSSR count). The molecule has 6 nitrogen and oxygen atoms in total. The van der Waals surface area contributed by atoms with E-state index in [-0.39, 0.29) is 12.0 Å². The monoisotopic (exact) mass is 331 g/mol. The highest BCUT2D eigenvalue weighted by molar-refractivity contribution is 7.09. The average Bonchev–Trinajstić information content (AvgIpc) is 3.02. The van der Waals surface area contributed by atoms with E-state index in [4.69, 9.17) is 4.74 Å². The summed E-state index contributed by atoms with van der Waals surface area (Å²) in [5, 5.41) is 2.65. The minimum atomic E-state index is -0.382. The van der Waals surface area contributed by atoms with E-state index in [9.17, 15) is 9.59 Å². The van der Waals surface area contributed by atoms with Gasteiger partial charge >= 0.3 is 6.09 Å². The van der Waals surface area contributed by atoms with Gasteiger partial charge in [0.25, 0.3) is 5.91 Å². The van der Waals surface area contributed by atoms with Crippen LogP contribution in [0.1, 0.15) is 15.5 Å². The molecule has 0 unspecified atom stereocenters. The normalized spacial score (nSPS) is 14.7. The Morgan fingerprint density at radius 1 is 1.09 bits per heavy atom. The second-order valence-electron chi connectivity index (χ2n) is 5.21. The van der Waals surface area contributed by atoms with Gasteiger partial charge in [-0.05, 0) is 19.1 Å². The maximum absolute atomic E-state index is 12.3. The first-order valence-corrected chi connectivity index (χ1v) is 8.24. The van der Waals surface area contributed by atoms with Gasteiger partial charge in [-0.15, -0.1) is 11.3 Å². The van der Waals surface area contributed by atoms with E-state index in [0.717, 1.165) is 5.01 Å². The van der Waals surface area contributed by atoms with Crippen molar-refractivity contribution in [3.63, 3.8) is 0 Å². The number of para-hydroxylation sites is 1. The molecule has 7 heteroatoms. The quantitative estimate of drug-likeness (QED) is 0.848. The number of carbonyl (C=O) groups excluding carboxylic acids is 2. The molecular formula is C16H17N3O3S. The van der Waals surface area contributed by atoms with Gasteiger partial charge in [0.2, 0.25) is 0 Å².